The number of sulfonamides is 1. The Morgan fingerprint density at radius 1 is 0.955 bits per heavy atom. The monoisotopic (exact) mass is 915 g/mol. The van der Waals surface area contributed by atoms with Crippen LogP contribution in [0.4, 0.5) is 28.4 Å². The number of nitrogens with zero attached hydrogens (tertiary/aromatic N) is 6. The van der Waals surface area contributed by atoms with Crippen LogP contribution in [0.3, 0.4) is 0 Å². The lowest BCUT2D eigenvalue weighted by molar-refractivity contribution is -0.384. The molecule has 3 N–H and O–H groups in total. The second kappa shape index (κ2) is 18.2. The van der Waals surface area contributed by atoms with Crippen LogP contribution in [0.2, 0.25) is 0 Å². The molecule has 1 unspecified atom stereocenters. The highest BCUT2D eigenvalue weighted by molar-refractivity contribution is 7.90. The van der Waals surface area contributed by atoms with Crippen LogP contribution in [0.25, 0.3) is 11.0 Å². The van der Waals surface area contributed by atoms with E-state index in [4.69, 9.17) is 9.72 Å². The molecule has 1 spiro atoms. The summed E-state index contributed by atoms with van der Waals surface area (Å²) in [6, 6.07) is 20.5. The molecule has 3 aromatic heterocycles. The lowest BCUT2D eigenvalue weighted by Gasteiger charge is -2.56. The smallest absolute Gasteiger partial charge is 0.296 e. The predicted octanol–water partition coefficient (Wildman–Crippen LogP) is 9.61. The van der Waals surface area contributed by atoms with Gasteiger partial charge in [0, 0.05) is 55.5 Å². The summed E-state index contributed by atoms with van der Waals surface area (Å²) >= 11 is 0. The SMILES string of the molecule is CC(C)c1ccccc1C1CCCN1C1CC2(CCN(c3ccc(C(=O)NS(=O)(=O)c4cc([N+](=O)[O-])c(NCC5CCCCC5)cn4)c(N4CCCOc5nc6[nH]ccc6cc54)c3)CC2)C1. The van der Waals surface area contributed by atoms with E-state index in [9.17, 15) is 23.3 Å². The minimum Gasteiger partial charge on any atom is -0.476 e. The number of fused-ring (bicyclic) bond motifs is 2. The van der Waals surface area contributed by atoms with Crippen molar-refractivity contribution in [1.82, 2.24) is 24.6 Å². The Bertz CT molecular complexity index is 2720. The number of piperidine rings is 1. The molecule has 1 amide bonds. The maximum Gasteiger partial charge on any atom is 0.296 e. The van der Waals surface area contributed by atoms with E-state index in [1.165, 1.54) is 49.4 Å². The molecule has 66 heavy (non-hydrogen) atoms. The average molecular weight is 916 g/mol. The van der Waals surface area contributed by atoms with E-state index in [2.05, 4.69) is 67.9 Å². The number of aromatic amines is 1. The van der Waals surface area contributed by atoms with Crippen molar-refractivity contribution in [2.24, 2.45) is 11.3 Å². The number of likely N-dealkylation sites (tertiary alicyclic amines) is 1. The lowest BCUT2D eigenvalue weighted by atomic mass is 9.59. The van der Waals surface area contributed by atoms with Crippen LogP contribution in [0, 0.1) is 21.4 Å². The first kappa shape index (κ1) is 44.1. The van der Waals surface area contributed by atoms with E-state index in [-0.39, 0.29) is 11.3 Å². The van der Waals surface area contributed by atoms with E-state index >= 15 is 0 Å². The average Bonchev–Trinajstić information content (AvgIpc) is 3.95. The second-order valence-electron chi connectivity index (χ2n) is 19.6. The summed E-state index contributed by atoms with van der Waals surface area (Å²) in [5.74, 6) is 0.407. The Kier molecular flexibility index (Phi) is 12.1. The predicted molar refractivity (Wildman–Crippen MR) is 256 cm³/mol. The maximum absolute atomic E-state index is 14.4. The quantitative estimate of drug-likeness (QED) is 0.0799. The third kappa shape index (κ3) is 8.69. The number of benzene rings is 2. The third-order valence-electron chi connectivity index (χ3n) is 15.2. The lowest BCUT2D eigenvalue weighted by Crippen LogP contribution is -2.55. The van der Waals surface area contributed by atoms with Crippen LogP contribution in [0.1, 0.15) is 124 Å². The Hall–Kier alpha value is -5.74. The number of hydrogen-bond donors (Lipinski definition) is 3. The van der Waals surface area contributed by atoms with Crippen molar-refractivity contribution in [3.63, 3.8) is 0 Å². The number of carbonyl (C=O) groups excluding carboxylic acids is 1. The number of nitrogens with one attached hydrogen (secondary N) is 3. The molecule has 2 saturated heterocycles. The molecule has 5 aromatic rings. The van der Waals surface area contributed by atoms with Gasteiger partial charge in [-0.2, -0.15) is 13.4 Å². The number of rotatable bonds is 12. The Labute approximate surface area is 386 Å². The molecule has 16 heteroatoms. The molecule has 348 valence electrons. The van der Waals surface area contributed by atoms with Gasteiger partial charge in [0.1, 0.15) is 17.0 Å². The molecular formula is C50H61N9O6S. The molecule has 0 bridgehead atoms. The van der Waals surface area contributed by atoms with Gasteiger partial charge in [-0.15, -0.1) is 0 Å². The maximum atomic E-state index is 14.4. The Morgan fingerprint density at radius 3 is 2.55 bits per heavy atom. The fraction of sp³-hybridized carbons (Fsp3) is 0.500. The molecular weight excluding hydrogens is 855 g/mol. The van der Waals surface area contributed by atoms with Crippen molar-refractivity contribution < 1.29 is 22.9 Å². The van der Waals surface area contributed by atoms with Crippen molar-refractivity contribution in [1.29, 1.82) is 0 Å². The fourth-order valence-corrected chi connectivity index (χ4v) is 12.5. The van der Waals surface area contributed by atoms with Gasteiger partial charge in [0.2, 0.25) is 5.88 Å². The first-order valence-electron chi connectivity index (χ1n) is 24.0. The number of pyridine rings is 2. The van der Waals surface area contributed by atoms with E-state index in [0.29, 0.717) is 78.4 Å². The van der Waals surface area contributed by atoms with Gasteiger partial charge >= 0.3 is 0 Å². The van der Waals surface area contributed by atoms with Crippen LogP contribution < -0.4 is 24.6 Å². The second-order valence-corrected chi connectivity index (χ2v) is 21.3. The van der Waals surface area contributed by atoms with Crippen molar-refractivity contribution in [2.45, 2.75) is 114 Å². The molecule has 2 aliphatic carbocycles. The highest BCUT2D eigenvalue weighted by Gasteiger charge is 2.50. The van der Waals surface area contributed by atoms with Crippen molar-refractivity contribution in [3.8, 4) is 5.88 Å². The van der Waals surface area contributed by atoms with Crippen LogP contribution >= 0.6 is 0 Å². The number of nitro groups is 1. The molecule has 5 aliphatic rings. The molecule has 15 nitrogen and oxygen atoms in total. The molecule has 0 radical (unpaired) electrons. The summed E-state index contributed by atoms with van der Waals surface area (Å²) in [6.45, 7) is 8.91. The van der Waals surface area contributed by atoms with Crippen molar-refractivity contribution in [3.05, 3.63) is 99.9 Å². The highest BCUT2D eigenvalue weighted by Crippen LogP contribution is 2.54. The van der Waals surface area contributed by atoms with Gasteiger partial charge in [0.25, 0.3) is 21.6 Å². The van der Waals surface area contributed by atoms with Gasteiger partial charge in [-0.3, -0.25) is 19.8 Å². The number of ether oxygens (including phenoxy) is 1. The summed E-state index contributed by atoms with van der Waals surface area (Å²) in [5.41, 5.74) is 5.92. The number of H-pyrrole nitrogens is 1. The molecule has 2 aromatic carbocycles. The normalized spacial score (nSPS) is 20.5. The van der Waals surface area contributed by atoms with Gasteiger partial charge in [0.05, 0.1) is 35.0 Å². The third-order valence-corrected chi connectivity index (χ3v) is 16.4. The van der Waals surface area contributed by atoms with Gasteiger partial charge in [-0.1, -0.05) is 57.4 Å². The van der Waals surface area contributed by atoms with E-state index in [0.717, 1.165) is 75.3 Å². The van der Waals surface area contributed by atoms with E-state index < -0.39 is 31.6 Å². The van der Waals surface area contributed by atoms with Crippen LogP contribution in [-0.2, 0) is 10.0 Å². The summed E-state index contributed by atoms with van der Waals surface area (Å²) in [6.07, 6.45) is 16.1. The number of anilines is 4. The van der Waals surface area contributed by atoms with E-state index in [1.807, 2.05) is 35.4 Å². The first-order valence-corrected chi connectivity index (χ1v) is 25.5. The topological polar surface area (TPSA) is 179 Å². The Balaban J connectivity index is 0.895. The number of hydrogen-bond acceptors (Lipinski definition) is 12. The summed E-state index contributed by atoms with van der Waals surface area (Å²) in [5, 5.41) is 15.6. The first-order chi connectivity index (χ1) is 31.9. The van der Waals surface area contributed by atoms with Gasteiger partial charge in [-0.05, 0) is 123 Å². The van der Waals surface area contributed by atoms with Gasteiger partial charge in [0.15, 0.2) is 5.03 Å². The minimum atomic E-state index is -4.65. The van der Waals surface area contributed by atoms with E-state index in [1.54, 1.807) is 6.07 Å². The van der Waals surface area contributed by atoms with Crippen LogP contribution in [-0.4, -0.2) is 84.5 Å². The summed E-state index contributed by atoms with van der Waals surface area (Å²) in [4.78, 5) is 45.2. The minimum absolute atomic E-state index is 0.124. The standard InChI is InChI=1S/C50H61N9O6S/c1-33(2)38-12-6-7-13-39(38)42-14-8-21-57(42)37-29-50(30-37)18-23-56(24-19-50)36-15-16-40(43(27-36)58-22-9-25-65-49-45(58)26-35-17-20-51-47(35)54-49)48(60)55-66(63,64)46-28-44(59(61)62)41(32-53-46)52-31-34-10-4-3-5-11-34/h6-7,12-13,15-17,20,26-28,32-34,37,42,52H,3-5,8-11,14,18-19,21-25,29-31H2,1-2H3,(H,51,54)(H,55,60). The summed E-state index contributed by atoms with van der Waals surface area (Å²) < 4.78 is 36.2. The number of amides is 1. The largest absolute Gasteiger partial charge is 0.476 e. The summed E-state index contributed by atoms with van der Waals surface area (Å²) in [7, 11) is -4.65. The van der Waals surface area contributed by atoms with Crippen molar-refractivity contribution >= 4 is 55.4 Å². The number of carbonyl (C=O) groups is 1. The fourth-order valence-electron chi connectivity index (χ4n) is 11.6. The Morgan fingerprint density at radius 2 is 1.76 bits per heavy atom. The molecule has 1 atom stereocenters. The van der Waals surface area contributed by atoms with Crippen LogP contribution in [0.15, 0.2) is 78.1 Å². The molecule has 10 rings (SSSR count). The van der Waals surface area contributed by atoms with Crippen molar-refractivity contribution in [2.75, 3.05) is 54.4 Å². The highest BCUT2D eigenvalue weighted by atomic mass is 32.2. The van der Waals surface area contributed by atoms with Crippen LogP contribution in [0.5, 0.6) is 5.88 Å². The molecule has 6 heterocycles. The zero-order valence-electron chi connectivity index (χ0n) is 38.0. The van der Waals surface area contributed by atoms with Gasteiger partial charge < -0.3 is 24.8 Å². The number of aromatic nitrogens is 3. The van der Waals surface area contributed by atoms with Gasteiger partial charge in [-0.25, -0.2) is 9.71 Å². The molecule has 3 aliphatic heterocycles. The zero-order valence-corrected chi connectivity index (χ0v) is 38.8. The molecule has 4 fully saturated rings. The zero-order chi connectivity index (χ0) is 45.6. The molecule has 2 saturated carbocycles.